The number of ether oxygens (including phenoxy) is 1. The molecular formula is C13H9BrF3NO3. The summed E-state index contributed by atoms with van der Waals surface area (Å²) in [7, 11) is 0. The zero-order chi connectivity index (χ0) is 15.6. The van der Waals surface area contributed by atoms with Crippen LogP contribution in [0.25, 0.3) is 11.5 Å². The van der Waals surface area contributed by atoms with E-state index < -0.39 is 29.7 Å². The molecule has 1 aromatic heterocycles. The van der Waals surface area contributed by atoms with Gasteiger partial charge in [0.15, 0.2) is 5.69 Å². The molecule has 0 aliphatic carbocycles. The van der Waals surface area contributed by atoms with Crippen LogP contribution in [0.15, 0.2) is 27.1 Å². The molecule has 0 aliphatic heterocycles. The average molecular weight is 364 g/mol. The lowest BCUT2D eigenvalue weighted by Crippen LogP contribution is -2.06. The number of benzene rings is 1. The van der Waals surface area contributed by atoms with E-state index in [9.17, 15) is 18.0 Å². The van der Waals surface area contributed by atoms with Crippen molar-refractivity contribution in [2.24, 2.45) is 0 Å². The number of hydrogen-bond donors (Lipinski definition) is 0. The molecule has 0 N–H and O–H groups in total. The van der Waals surface area contributed by atoms with Crippen molar-refractivity contribution in [3.05, 3.63) is 39.9 Å². The Morgan fingerprint density at radius 1 is 1.48 bits per heavy atom. The van der Waals surface area contributed by atoms with Gasteiger partial charge in [-0.15, -0.1) is 0 Å². The summed E-state index contributed by atoms with van der Waals surface area (Å²) in [6.07, 6.45) is -3.00. The van der Waals surface area contributed by atoms with E-state index in [2.05, 4.69) is 25.7 Å². The van der Waals surface area contributed by atoms with E-state index in [1.165, 1.54) is 13.0 Å². The predicted molar refractivity (Wildman–Crippen MR) is 70.5 cm³/mol. The van der Waals surface area contributed by atoms with Gasteiger partial charge in [-0.3, -0.25) is 0 Å². The van der Waals surface area contributed by atoms with Crippen molar-refractivity contribution in [2.45, 2.75) is 13.3 Å². The van der Waals surface area contributed by atoms with Crippen LogP contribution in [0.4, 0.5) is 13.2 Å². The molecule has 0 bridgehead atoms. The molecule has 0 atom stereocenters. The van der Waals surface area contributed by atoms with E-state index in [0.717, 1.165) is 12.1 Å². The van der Waals surface area contributed by atoms with Gasteiger partial charge in [0.25, 0.3) is 6.43 Å². The van der Waals surface area contributed by atoms with Crippen LogP contribution in [-0.2, 0) is 4.74 Å². The highest BCUT2D eigenvalue weighted by atomic mass is 79.9. The standard InChI is InChI=1S/C13H9BrF3NO3/c1-2-20-13(19)10-9(11(16)17)18-12(21-10)7-4-3-6(15)5-8(7)14/h3-5,11H,2H2,1H3. The van der Waals surface area contributed by atoms with E-state index in [1.54, 1.807) is 0 Å². The quantitative estimate of drug-likeness (QED) is 0.757. The Morgan fingerprint density at radius 2 is 2.19 bits per heavy atom. The lowest BCUT2D eigenvalue weighted by molar-refractivity contribution is 0.0476. The lowest BCUT2D eigenvalue weighted by Gasteiger charge is -2.00. The van der Waals surface area contributed by atoms with Crippen LogP contribution in [0, 0.1) is 5.82 Å². The molecule has 4 nitrogen and oxygen atoms in total. The highest BCUT2D eigenvalue weighted by Crippen LogP contribution is 2.33. The number of alkyl halides is 2. The summed E-state index contributed by atoms with van der Waals surface area (Å²) >= 11 is 3.08. The van der Waals surface area contributed by atoms with Crippen LogP contribution < -0.4 is 0 Å². The molecule has 2 aromatic rings. The Hall–Kier alpha value is -1.83. The van der Waals surface area contributed by atoms with E-state index in [4.69, 9.17) is 4.42 Å². The van der Waals surface area contributed by atoms with Gasteiger partial charge in [-0.1, -0.05) is 0 Å². The highest BCUT2D eigenvalue weighted by Gasteiger charge is 2.28. The molecule has 21 heavy (non-hydrogen) atoms. The number of rotatable bonds is 4. The fraction of sp³-hybridized carbons (Fsp3) is 0.231. The molecule has 112 valence electrons. The monoisotopic (exact) mass is 363 g/mol. The third-order valence-electron chi connectivity index (χ3n) is 2.48. The fourth-order valence-electron chi connectivity index (χ4n) is 1.60. The number of halogens is 4. The molecule has 0 saturated carbocycles. The van der Waals surface area contributed by atoms with Crippen LogP contribution in [0.5, 0.6) is 0 Å². The Labute approximate surface area is 126 Å². The van der Waals surface area contributed by atoms with Crippen LogP contribution in [0.3, 0.4) is 0 Å². The third kappa shape index (κ3) is 3.26. The van der Waals surface area contributed by atoms with Gasteiger partial charge < -0.3 is 9.15 Å². The maximum Gasteiger partial charge on any atom is 0.376 e. The van der Waals surface area contributed by atoms with Crippen LogP contribution in [0.1, 0.15) is 29.6 Å². The first-order valence-electron chi connectivity index (χ1n) is 5.85. The summed E-state index contributed by atoms with van der Waals surface area (Å²) in [5, 5.41) is 0. The zero-order valence-corrected chi connectivity index (χ0v) is 12.3. The van der Waals surface area contributed by atoms with E-state index >= 15 is 0 Å². The molecule has 0 amide bonds. The minimum Gasteiger partial charge on any atom is -0.460 e. The molecule has 1 aromatic carbocycles. The second-order valence-electron chi connectivity index (χ2n) is 3.88. The van der Waals surface area contributed by atoms with Crippen molar-refractivity contribution in [2.75, 3.05) is 6.61 Å². The van der Waals surface area contributed by atoms with Gasteiger partial charge in [-0.2, -0.15) is 0 Å². The Kier molecular flexibility index (Phi) is 4.66. The van der Waals surface area contributed by atoms with Gasteiger partial charge in [0.05, 0.1) is 12.2 Å². The Morgan fingerprint density at radius 3 is 2.76 bits per heavy atom. The fourth-order valence-corrected chi connectivity index (χ4v) is 2.12. The second kappa shape index (κ2) is 6.30. The largest absolute Gasteiger partial charge is 0.460 e. The predicted octanol–water partition coefficient (Wildman–Crippen LogP) is 4.36. The van der Waals surface area contributed by atoms with Crippen molar-refractivity contribution in [1.29, 1.82) is 0 Å². The summed E-state index contributed by atoms with van der Waals surface area (Å²) < 4.78 is 48.9. The van der Waals surface area contributed by atoms with E-state index in [-0.39, 0.29) is 22.5 Å². The van der Waals surface area contributed by atoms with Crippen molar-refractivity contribution < 1.29 is 27.1 Å². The van der Waals surface area contributed by atoms with Gasteiger partial charge in [-0.25, -0.2) is 22.9 Å². The SMILES string of the molecule is CCOC(=O)c1oc(-c2ccc(F)cc2Br)nc1C(F)F. The summed E-state index contributed by atoms with van der Waals surface area (Å²) in [4.78, 5) is 15.2. The number of carbonyl (C=O) groups excluding carboxylic acids is 1. The molecule has 1 heterocycles. The number of esters is 1. The Balaban J connectivity index is 2.51. The summed E-state index contributed by atoms with van der Waals surface area (Å²) in [6.45, 7) is 1.55. The molecule has 2 rings (SSSR count). The van der Waals surface area contributed by atoms with Gasteiger partial charge in [0.1, 0.15) is 5.82 Å². The third-order valence-corrected chi connectivity index (χ3v) is 3.14. The van der Waals surface area contributed by atoms with Gasteiger partial charge >= 0.3 is 5.97 Å². The maximum atomic E-state index is 13.0. The van der Waals surface area contributed by atoms with Gasteiger partial charge in [0, 0.05) is 4.47 Å². The molecule has 0 unspecified atom stereocenters. The molecule has 0 spiro atoms. The molecule has 0 saturated heterocycles. The van der Waals surface area contributed by atoms with Crippen LogP contribution in [-0.4, -0.2) is 17.6 Å². The molecule has 0 aliphatic rings. The minimum absolute atomic E-state index is 0.0117. The molecule has 0 radical (unpaired) electrons. The lowest BCUT2D eigenvalue weighted by atomic mass is 10.2. The molecule has 0 fully saturated rings. The maximum absolute atomic E-state index is 13.0. The number of nitrogens with zero attached hydrogens (tertiary/aromatic N) is 1. The minimum atomic E-state index is -3.00. The first kappa shape index (κ1) is 15.6. The molecular weight excluding hydrogens is 355 g/mol. The molecule has 8 heteroatoms. The summed E-state index contributed by atoms with van der Waals surface area (Å²) in [6, 6.07) is 3.55. The van der Waals surface area contributed by atoms with Crippen LogP contribution >= 0.6 is 15.9 Å². The zero-order valence-electron chi connectivity index (χ0n) is 10.7. The van der Waals surface area contributed by atoms with Gasteiger partial charge in [0.2, 0.25) is 11.7 Å². The van der Waals surface area contributed by atoms with Crippen LogP contribution in [0.2, 0.25) is 0 Å². The topological polar surface area (TPSA) is 52.3 Å². The number of carbonyl (C=O) groups is 1. The van der Waals surface area contributed by atoms with Gasteiger partial charge in [-0.05, 0) is 41.1 Å². The first-order valence-corrected chi connectivity index (χ1v) is 6.64. The Bertz CT molecular complexity index is 673. The summed E-state index contributed by atoms with van der Waals surface area (Å²) in [5.41, 5.74) is -0.562. The first-order chi connectivity index (χ1) is 9.93. The average Bonchev–Trinajstić information content (AvgIpc) is 2.84. The second-order valence-corrected chi connectivity index (χ2v) is 4.73. The van der Waals surface area contributed by atoms with E-state index in [0.29, 0.717) is 0 Å². The van der Waals surface area contributed by atoms with Crippen molar-refractivity contribution in [3.63, 3.8) is 0 Å². The smallest absolute Gasteiger partial charge is 0.376 e. The summed E-state index contributed by atoms with van der Waals surface area (Å²) in [5.74, 6) is -2.42. The van der Waals surface area contributed by atoms with E-state index in [1.807, 2.05) is 0 Å². The van der Waals surface area contributed by atoms with Crippen molar-refractivity contribution in [3.8, 4) is 11.5 Å². The number of oxazole rings is 1. The number of hydrogen-bond acceptors (Lipinski definition) is 4. The van der Waals surface area contributed by atoms with Crippen molar-refractivity contribution >= 4 is 21.9 Å². The van der Waals surface area contributed by atoms with Crippen molar-refractivity contribution in [1.82, 2.24) is 4.98 Å². The number of aromatic nitrogens is 1. The highest BCUT2D eigenvalue weighted by molar-refractivity contribution is 9.10. The normalized spacial score (nSPS) is 11.0.